The summed E-state index contributed by atoms with van der Waals surface area (Å²) in [6, 6.07) is 9.51. The van der Waals surface area contributed by atoms with Gasteiger partial charge in [0.1, 0.15) is 0 Å². The van der Waals surface area contributed by atoms with Crippen LogP contribution in [0.2, 0.25) is 0 Å². The predicted molar refractivity (Wildman–Crippen MR) is 133 cm³/mol. The van der Waals surface area contributed by atoms with Crippen LogP contribution in [0.15, 0.2) is 24.3 Å². The minimum Gasteiger partial charge on any atom is -0.480 e. The average molecular weight is 443 g/mol. The molecule has 4 heteroatoms. The van der Waals surface area contributed by atoms with Crippen molar-refractivity contribution in [2.45, 2.75) is 90.5 Å². The summed E-state index contributed by atoms with van der Waals surface area (Å²) in [7, 11) is 0. The molecule has 1 aromatic carbocycles. The van der Waals surface area contributed by atoms with Gasteiger partial charge in [0.15, 0.2) is 0 Å². The van der Waals surface area contributed by atoms with Crippen LogP contribution in [0.1, 0.15) is 82.3 Å². The standard InChI is InChI=1S/C28H46N2O2/c1-3-4-5-17-30(22-28(31)32)27-14-13-26(20-27)21-29-18-15-25(16-19-29)8-6-7-24-11-9-23(2)10-12-24/h9-12,25-27H,3-8,13-22H2,1-2H3,(H,31,32)/t26-,27?/m1/s1. The molecule has 0 amide bonds. The molecule has 1 saturated heterocycles. The molecule has 1 N–H and O–H groups in total. The highest BCUT2D eigenvalue weighted by Gasteiger charge is 2.31. The number of aliphatic carboxylic acids is 1. The van der Waals surface area contributed by atoms with Crippen molar-refractivity contribution in [2.75, 3.05) is 32.7 Å². The Kier molecular flexibility index (Phi) is 10.5. The normalized spacial score (nSPS) is 22.6. The number of likely N-dealkylation sites (tertiary alicyclic amines) is 1. The van der Waals surface area contributed by atoms with E-state index in [2.05, 4.69) is 47.9 Å². The molecule has 0 radical (unpaired) electrons. The molecule has 1 heterocycles. The summed E-state index contributed by atoms with van der Waals surface area (Å²) in [6.07, 6.45) is 13.8. The third-order valence-electron chi connectivity index (χ3n) is 7.84. The predicted octanol–water partition coefficient (Wildman–Crippen LogP) is 5.78. The number of aryl methyl sites for hydroxylation is 2. The van der Waals surface area contributed by atoms with Gasteiger partial charge in [-0.3, -0.25) is 9.69 Å². The van der Waals surface area contributed by atoms with Gasteiger partial charge in [-0.25, -0.2) is 0 Å². The Labute approximate surface area is 196 Å². The van der Waals surface area contributed by atoms with Crippen LogP contribution in [0.5, 0.6) is 0 Å². The van der Waals surface area contributed by atoms with Gasteiger partial charge in [0.2, 0.25) is 0 Å². The number of benzene rings is 1. The molecule has 1 aliphatic heterocycles. The molecule has 32 heavy (non-hydrogen) atoms. The van der Waals surface area contributed by atoms with Crippen molar-refractivity contribution in [3.8, 4) is 0 Å². The lowest BCUT2D eigenvalue weighted by Gasteiger charge is -2.34. The second kappa shape index (κ2) is 13.3. The van der Waals surface area contributed by atoms with E-state index in [9.17, 15) is 9.90 Å². The third kappa shape index (κ3) is 8.51. The number of carboxylic acid groups (broad SMARTS) is 1. The van der Waals surface area contributed by atoms with Crippen molar-refractivity contribution >= 4 is 5.97 Å². The summed E-state index contributed by atoms with van der Waals surface area (Å²) in [5, 5.41) is 9.34. The van der Waals surface area contributed by atoms with Gasteiger partial charge >= 0.3 is 5.97 Å². The van der Waals surface area contributed by atoms with Gasteiger partial charge in [-0.05, 0) is 95.3 Å². The zero-order valence-corrected chi connectivity index (χ0v) is 20.6. The maximum atomic E-state index is 11.3. The van der Waals surface area contributed by atoms with Gasteiger partial charge in [0, 0.05) is 12.6 Å². The molecular weight excluding hydrogens is 396 g/mol. The van der Waals surface area contributed by atoms with Crippen LogP contribution in [-0.2, 0) is 11.2 Å². The number of unbranched alkanes of at least 4 members (excludes halogenated alkanes) is 2. The first kappa shape index (κ1) is 25.2. The smallest absolute Gasteiger partial charge is 0.317 e. The highest BCUT2D eigenvalue weighted by atomic mass is 16.4. The second-order valence-corrected chi connectivity index (χ2v) is 10.5. The van der Waals surface area contributed by atoms with Crippen LogP contribution >= 0.6 is 0 Å². The number of carbonyl (C=O) groups is 1. The van der Waals surface area contributed by atoms with Crippen molar-refractivity contribution in [2.24, 2.45) is 11.8 Å². The van der Waals surface area contributed by atoms with Crippen LogP contribution in [0.25, 0.3) is 0 Å². The van der Waals surface area contributed by atoms with Crippen LogP contribution in [0, 0.1) is 18.8 Å². The number of nitrogens with zero attached hydrogens (tertiary/aromatic N) is 2. The van der Waals surface area contributed by atoms with Crippen LogP contribution in [0.3, 0.4) is 0 Å². The molecule has 3 rings (SSSR count). The van der Waals surface area contributed by atoms with Crippen molar-refractivity contribution in [3.63, 3.8) is 0 Å². The first-order chi connectivity index (χ1) is 15.5. The first-order valence-electron chi connectivity index (χ1n) is 13.3. The van der Waals surface area contributed by atoms with E-state index in [4.69, 9.17) is 0 Å². The van der Waals surface area contributed by atoms with E-state index in [1.165, 1.54) is 95.0 Å². The number of piperidine rings is 1. The maximum absolute atomic E-state index is 11.3. The molecule has 2 aliphatic rings. The van der Waals surface area contributed by atoms with Gasteiger partial charge in [-0.15, -0.1) is 0 Å². The minimum absolute atomic E-state index is 0.217. The Morgan fingerprint density at radius 1 is 1.03 bits per heavy atom. The number of carboxylic acids is 1. The lowest BCUT2D eigenvalue weighted by Crippen LogP contribution is -2.39. The molecule has 0 aromatic heterocycles. The largest absolute Gasteiger partial charge is 0.480 e. The lowest BCUT2D eigenvalue weighted by molar-refractivity contribution is -0.139. The molecule has 4 nitrogen and oxygen atoms in total. The van der Waals surface area contributed by atoms with Crippen molar-refractivity contribution in [1.29, 1.82) is 0 Å². The molecule has 1 aromatic rings. The van der Waals surface area contributed by atoms with Gasteiger partial charge < -0.3 is 10.0 Å². The van der Waals surface area contributed by atoms with Gasteiger partial charge in [-0.2, -0.15) is 0 Å². The summed E-state index contributed by atoms with van der Waals surface area (Å²) in [5.41, 5.74) is 2.83. The summed E-state index contributed by atoms with van der Waals surface area (Å²) < 4.78 is 0. The van der Waals surface area contributed by atoms with E-state index < -0.39 is 5.97 Å². The Morgan fingerprint density at radius 2 is 1.78 bits per heavy atom. The molecule has 2 fully saturated rings. The van der Waals surface area contributed by atoms with Crippen molar-refractivity contribution in [3.05, 3.63) is 35.4 Å². The number of hydrogen-bond acceptors (Lipinski definition) is 3. The zero-order valence-electron chi connectivity index (χ0n) is 20.6. The van der Waals surface area contributed by atoms with E-state index in [0.717, 1.165) is 24.8 Å². The Bertz CT molecular complexity index is 667. The summed E-state index contributed by atoms with van der Waals surface area (Å²) >= 11 is 0. The number of hydrogen-bond donors (Lipinski definition) is 1. The Hall–Kier alpha value is -1.39. The summed E-state index contributed by atoms with van der Waals surface area (Å²) in [5.74, 6) is 0.979. The van der Waals surface area contributed by atoms with E-state index >= 15 is 0 Å². The van der Waals surface area contributed by atoms with E-state index in [1.54, 1.807) is 0 Å². The van der Waals surface area contributed by atoms with Gasteiger partial charge in [-0.1, -0.05) is 56.0 Å². The summed E-state index contributed by atoms with van der Waals surface area (Å²) in [6.45, 7) is 9.27. The molecule has 1 aliphatic carbocycles. The molecule has 0 bridgehead atoms. The Morgan fingerprint density at radius 3 is 2.47 bits per heavy atom. The highest BCUT2D eigenvalue weighted by molar-refractivity contribution is 5.69. The van der Waals surface area contributed by atoms with Crippen molar-refractivity contribution in [1.82, 2.24) is 9.80 Å². The van der Waals surface area contributed by atoms with Crippen LogP contribution in [0.4, 0.5) is 0 Å². The van der Waals surface area contributed by atoms with Crippen LogP contribution in [-0.4, -0.2) is 59.6 Å². The molecule has 1 saturated carbocycles. The lowest BCUT2D eigenvalue weighted by atomic mass is 9.90. The van der Waals surface area contributed by atoms with Crippen molar-refractivity contribution < 1.29 is 9.90 Å². The quantitative estimate of drug-likeness (QED) is 0.394. The fourth-order valence-corrected chi connectivity index (χ4v) is 5.85. The van der Waals surface area contributed by atoms with Gasteiger partial charge in [0.25, 0.3) is 0 Å². The molecular formula is C28H46N2O2. The Balaban J connectivity index is 1.33. The molecule has 2 atom stereocenters. The van der Waals surface area contributed by atoms with E-state index in [0.29, 0.717) is 6.04 Å². The molecule has 180 valence electrons. The van der Waals surface area contributed by atoms with E-state index in [-0.39, 0.29) is 6.54 Å². The fraction of sp³-hybridized carbons (Fsp3) is 0.750. The fourth-order valence-electron chi connectivity index (χ4n) is 5.85. The SMILES string of the molecule is CCCCCN(CC(=O)O)C1CC[C@@H](CN2CCC(CCCc3ccc(C)cc3)CC2)C1. The number of rotatable bonds is 13. The second-order valence-electron chi connectivity index (χ2n) is 10.5. The van der Waals surface area contributed by atoms with E-state index in [1.807, 2.05) is 0 Å². The first-order valence-corrected chi connectivity index (χ1v) is 13.3. The average Bonchev–Trinajstić information content (AvgIpc) is 3.24. The molecule has 1 unspecified atom stereocenters. The monoisotopic (exact) mass is 442 g/mol. The molecule has 0 spiro atoms. The zero-order chi connectivity index (χ0) is 22.8. The highest BCUT2D eigenvalue weighted by Crippen LogP contribution is 2.32. The topological polar surface area (TPSA) is 43.8 Å². The maximum Gasteiger partial charge on any atom is 0.317 e. The third-order valence-corrected chi connectivity index (χ3v) is 7.84. The minimum atomic E-state index is -0.672. The van der Waals surface area contributed by atoms with Gasteiger partial charge in [0.05, 0.1) is 6.54 Å². The summed E-state index contributed by atoms with van der Waals surface area (Å²) in [4.78, 5) is 16.3. The van der Waals surface area contributed by atoms with Crippen LogP contribution < -0.4 is 0 Å².